The third kappa shape index (κ3) is 4.53. The van der Waals surface area contributed by atoms with Crippen molar-refractivity contribution in [1.82, 2.24) is 14.5 Å². The summed E-state index contributed by atoms with van der Waals surface area (Å²) >= 11 is 0. The minimum absolute atomic E-state index is 0.515. The summed E-state index contributed by atoms with van der Waals surface area (Å²) in [6.45, 7) is 1.92. The lowest BCUT2D eigenvalue weighted by Crippen LogP contribution is -2.08. The molecular formula is C24H23N3O. The first-order valence-electron chi connectivity index (χ1n) is 9.51. The van der Waals surface area contributed by atoms with Crippen molar-refractivity contribution < 1.29 is 4.74 Å². The molecule has 0 fully saturated rings. The Morgan fingerprint density at radius 1 is 0.750 bits per heavy atom. The van der Waals surface area contributed by atoms with Gasteiger partial charge in [0.25, 0.3) is 0 Å². The van der Waals surface area contributed by atoms with E-state index in [9.17, 15) is 0 Å². The van der Waals surface area contributed by atoms with E-state index < -0.39 is 0 Å². The molecule has 4 rings (SSSR count). The highest BCUT2D eigenvalue weighted by Gasteiger charge is 2.13. The van der Waals surface area contributed by atoms with Crippen LogP contribution in [0.1, 0.15) is 17.0 Å². The number of ether oxygens (including phenoxy) is 1. The Labute approximate surface area is 165 Å². The SMILES string of the molecule is c1ccc(COCc2c(-c3ccccc3)ncn2CCc2ccccn2)cc1. The number of imidazole rings is 1. The Hall–Kier alpha value is -3.24. The van der Waals surface area contributed by atoms with Crippen LogP contribution in [0.25, 0.3) is 11.3 Å². The molecule has 2 heterocycles. The van der Waals surface area contributed by atoms with Crippen LogP contribution < -0.4 is 0 Å². The summed E-state index contributed by atoms with van der Waals surface area (Å²) < 4.78 is 8.23. The molecule has 2 aromatic heterocycles. The standard InChI is InChI=1S/C24H23N3O/c1-3-9-20(10-4-1)17-28-18-23-24(21-11-5-2-6-12-21)26-19-27(23)16-14-22-13-7-8-15-25-22/h1-13,15,19H,14,16-18H2. The summed E-state index contributed by atoms with van der Waals surface area (Å²) in [4.78, 5) is 9.11. The Morgan fingerprint density at radius 2 is 1.50 bits per heavy atom. The number of benzene rings is 2. The lowest BCUT2D eigenvalue weighted by molar-refractivity contribution is 0.102. The fraction of sp³-hybridized carbons (Fsp3) is 0.167. The molecule has 0 saturated carbocycles. The zero-order chi connectivity index (χ0) is 19.0. The van der Waals surface area contributed by atoms with Gasteiger partial charge >= 0.3 is 0 Å². The van der Waals surface area contributed by atoms with Gasteiger partial charge in [-0.05, 0) is 17.7 Å². The maximum absolute atomic E-state index is 6.04. The maximum Gasteiger partial charge on any atom is 0.0956 e. The first kappa shape index (κ1) is 18.1. The van der Waals surface area contributed by atoms with E-state index in [0.717, 1.165) is 35.6 Å². The molecule has 2 aromatic carbocycles. The predicted molar refractivity (Wildman–Crippen MR) is 111 cm³/mol. The summed E-state index contributed by atoms with van der Waals surface area (Å²) in [6, 6.07) is 26.5. The molecule has 0 radical (unpaired) electrons. The van der Waals surface area contributed by atoms with Crippen molar-refractivity contribution in [2.45, 2.75) is 26.2 Å². The topological polar surface area (TPSA) is 39.9 Å². The van der Waals surface area contributed by atoms with Gasteiger partial charge in [0.15, 0.2) is 0 Å². The van der Waals surface area contributed by atoms with Crippen LogP contribution in [0.15, 0.2) is 91.4 Å². The number of hydrogen-bond donors (Lipinski definition) is 0. The summed E-state index contributed by atoms with van der Waals surface area (Å²) in [7, 11) is 0. The molecule has 4 heteroatoms. The summed E-state index contributed by atoms with van der Waals surface area (Å²) in [5.74, 6) is 0. The molecule has 0 aliphatic carbocycles. The number of aromatic nitrogens is 3. The van der Waals surface area contributed by atoms with E-state index in [2.05, 4.69) is 44.9 Å². The van der Waals surface area contributed by atoms with Crippen molar-refractivity contribution in [1.29, 1.82) is 0 Å². The van der Waals surface area contributed by atoms with Gasteiger partial charge in [0.2, 0.25) is 0 Å². The molecule has 0 atom stereocenters. The average Bonchev–Trinajstić information content (AvgIpc) is 3.17. The lowest BCUT2D eigenvalue weighted by atomic mass is 10.1. The molecule has 0 unspecified atom stereocenters. The minimum atomic E-state index is 0.515. The fourth-order valence-corrected chi connectivity index (χ4v) is 3.21. The van der Waals surface area contributed by atoms with Gasteiger partial charge in [-0.25, -0.2) is 4.98 Å². The Bertz CT molecular complexity index is 982. The lowest BCUT2D eigenvalue weighted by Gasteiger charge is -2.11. The van der Waals surface area contributed by atoms with E-state index in [1.807, 2.05) is 61.1 Å². The van der Waals surface area contributed by atoms with Crippen LogP contribution in [0, 0.1) is 0 Å². The van der Waals surface area contributed by atoms with Crippen molar-refractivity contribution in [2.24, 2.45) is 0 Å². The van der Waals surface area contributed by atoms with Gasteiger partial charge in [-0.15, -0.1) is 0 Å². The summed E-state index contributed by atoms with van der Waals surface area (Å²) in [5.41, 5.74) is 5.43. The molecule has 4 aromatic rings. The van der Waals surface area contributed by atoms with Crippen LogP contribution >= 0.6 is 0 Å². The normalized spacial score (nSPS) is 10.9. The summed E-state index contributed by atoms with van der Waals surface area (Å²) in [6.07, 6.45) is 4.60. The molecule has 0 bridgehead atoms. The Morgan fingerprint density at radius 3 is 2.25 bits per heavy atom. The molecule has 0 spiro atoms. The molecule has 140 valence electrons. The van der Waals surface area contributed by atoms with Crippen LogP contribution in [0.5, 0.6) is 0 Å². The first-order chi connectivity index (χ1) is 13.9. The Balaban J connectivity index is 1.52. The largest absolute Gasteiger partial charge is 0.370 e. The molecule has 0 N–H and O–H groups in total. The van der Waals surface area contributed by atoms with E-state index in [1.54, 1.807) is 0 Å². The smallest absolute Gasteiger partial charge is 0.0956 e. The van der Waals surface area contributed by atoms with Gasteiger partial charge in [-0.1, -0.05) is 66.7 Å². The van der Waals surface area contributed by atoms with Crippen molar-refractivity contribution in [2.75, 3.05) is 0 Å². The Kier molecular flexibility index (Phi) is 5.90. The molecular weight excluding hydrogens is 346 g/mol. The second-order valence-electron chi connectivity index (χ2n) is 6.65. The number of aryl methyl sites for hydroxylation is 2. The van der Waals surface area contributed by atoms with Gasteiger partial charge in [0.1, 0.15) is 0 Å². The molecule has 0 aliphatic rings. The van der Waals surface area contributed by atoms with Crippen LogP contribution in [-0.2, 0) is 30.9 Å². The molecule has 0 saturated heterocycles. The average molecular weight is 369 g/mol. The molecule has 0 amide bonds. The highest BCUT2D eigenvalue weighted by atomic mass is 16.5. The van der Waals surface area contributed by atoms with Gasteiger partial charge < -0.3 is 9.30 Å². The second kappa shape index (κ2) is 9.11. The highest BCUT2D eigenvalue weighted by molar-refractivity contribution is 5.61. The van der Waals surface area contributed by atoms with Gasteiger partial charge in [-0.3, -0.25) is 4.98 Å². The van der Waals surface area contributed by atoms with Crippen molar-refractivity contribution in [3.63, 3.8) is 0 Å². The quantitative estimate of drug-likeness (QED) is 0.443. The first-order valence-corrected chi connectivity index (χ1v) is 9.51. The van der Waals surface area contributed by atoms with Crippen LogP contribution in [0.3, 0.4) is 0 Å². The number of hydrogen-bond acceptors (Lipinski definition) is 3. The third-order valence-electron chi connectivity index (χ3n) is 4.68. The van der Waals surface area contributed by atoms with E-state index in [0.29, 0.717) is 13.2 Å². The van der Waals surface area contributed by atoms with Crippen LogP contribution in [-0.4, -0.2) is 14.5 Å². The van der Waals surface area contributed by atoms with E-state index in [-0.39, 0.29) is 0 Å². The van der Waals surface area contributed by atoms with Crippen molar-refractivity contribution in [3.8, 4) is 11.3 Å². The second-order valence-corrected chi connectivity index (χ2v) is 6.65. The van der Waals surface area contributed by atoms with Crippen LogP contribution in [0.2, 0.25) is 0 Å². The fourth-order valence-electron chi connectivity index (χ4n) is 3.21. The van der Waals surface area contributed by atoms with Crippen LogP contribution in [0.4, 0.5) is 0 Å². The number of pyridine rings is 1. The third-order valence-corrected chi connectivity index (χ3v) is 4.68. The van der Waals surface area contributed by atoms with Gasteiger partial charge in [0, 0.05) is 30.4 Å². The molecule has 4 nitrogen and oxygen atoms in total. The predicted octanol–water partition coefficient (Wildman–Crippen LogP) is 4.90. The van der Waals surface area contributed by atoms with Gasteiger partial charge in [-0.2, -0.15) is 0 Å². The minimum Gasteiger partial charge on any atom is -0.370 e. The highest BCUT2D eigenvalue weighted by Crippen LogP contribution is 2.23. The van der Waals surface area contributed by atoms with Crippen molar-refractivity contribution in [3.05, 3.63) is 108 Å². The maximum atomic E-state index is 6.04. The van der Waals surface area contributed by atoms with Crippen molar-refractivity contribution >= 4 is 0 Å². The summed E-state index contributed by atoms with van der Waals surface area (Å²) in [5, 5.41) is 0. The van der Waals surface area contributed by atoms with Gasteiger partial charge in [0.05, 0.1) is 30.9 Å². The zero-order valence-electron chi connectivity index (χ0n) is 15.7. The molecule has 0 aliphatic heterocycles. The molecule has 28 heavy (non-hydrogen) atoms. The van der Waals surface area contributed by atoms with E-state index in [1.165, 1.54) is 5.56 Å². The zero-order valence-corrected chi connectivity index (χ0v) is 15.7. The van der Waals surface area contributed by atoms with E-state index in [4.69, 9.17) is 4.74 Å². The monoisotopic (exact) mass is 369 g/mol. The number of rotatable bonds is 8. The van der Waals surface area contributed by atoms with E-state index >= 15 is 0 Å². The number of nitrogens with zero attached hydrogens (tertiary/aromatic N) is 3.